The standard InChI is InChI=1S/C26H21NO5/c28-24(19-11-12-20-21(15-19)32-14-13-31-20)22-23(18-9-5-2-6-10-18)27(26(30)25(22)29)16-17-7-3-1-4-8-17/h1-12,15,23,28H,13-14,16H2. The monoisotopic (exact) mass is 427 g/mol. The summed E-state index contributed by atoms with van der Waals surface area (Å²) in [7, 11) is 0. The molecule has 2 heterocycles. The molecular weight excluding hydrogens is 406 g/mol. The van der Waals surface area contributed by atoms with Crippen LogP contribution in [0.4, 0.5) is 0 Å². The molecule has 1 amide bonds. The first-order valence-electron chi connectivity index (χ1n) is 10.4. The minimum absolute atomic E-state index is 0.0637. The SMILES string of the molecule is O=C1C(=O)N(Cc2ccccc2)C(c2ccccc2)C1=C(O)c1ccc2c(c1)OCCO2. The number of amides is 1. The first kappa shape index (κ1) is 19.9. The van der Waals surface area contributed by atoms with Crippen LogP contribution in [-0.2, 0) is 16.1 Å². The number of aliphatic hydroxyl groups is 1. The Hall–Kier alpha value is -4.06. The molecule has 1 saturated heterocycles. The van der Waals surface area contributed by atoms with Crippen molar-refractivity contribution in [2.24, 2.45) is 0 Å². The van der Waals surface area contributed by atoms with Crippen molar-refractivity contribution in [2.75, 3.05) is 13.2 Å². The molecule has 1 atom stereocenters. The molecule has 3 aromatic carbocycles. The van der Waals surface area contributed by atoms with Crippen molar-refractivity contribution in [1.29, 1.82) is 0 Å². The van der Waals surface area contributed by atoms with Gasteiger partial charge in [-0.05, 0) is 29.3 Å². The van der Waals surface area contributed by atoms with Gasteiger partial charge in [0.15, 0.2) is 11.5 Å². The molecule has 2 aliphatic rings. The number of likely N-dealkylation sites (tertiary alicyclic amines) is 1. The summed E-state index contributed by atoms with van der Waals surface area (Å²) in [6.45, 7) is 1.11. The Morgan fingerprint density at radius 3 is 2.25 bits per heavy atom. The number of nitrogens with zero attached hydrogens (tertiary/aromatic N) is 1. The maximum absolute atomic E-state index is 13.1. The summed E-state index contributed by atoms with van der Waals surface area (Å²) in [4.78, 5) is 27.7. The van der Waals surface area contributed by atoms with Gasteiger partial charge >= 0.3 is 0 Å². The topological polar surface area (TPSA) is 76.1 Å². The lowest BCUT2D eigenvalue weighted by atomic mass is 9.95. The highest BCUT2D eigenvalue weighted by atomic mass is 16.6. The van der Waals surface area contributed by atoms with E-state index in [4.69, 9.17) is 9.47 Å². The van der Waals surface area contributed by atoms with E-state index in [9.17, 15) is 14.7 Å². The van der Waals surface area contributed by atoms with Crippen LogP contribution in [0.5, 0.6) is 11.5 Å². The summed E-state index contributed by atoms with van der Waals surface area (Å²) in [5, 5.41) is 11.2. The molecule has 160 valence electrons. The van der Waals surface area contributed by atoms with Gasteiger partial charge in [0.25, 0.3) is 11.7 Å². The molecule has 6 nitrogen and oxygen atoms in total. The van der Waals surface area contributed by atoms with Gasteiger partial charge in [-0.15, -0.1) is 0 Å². The molecule has 1 fully saturated rings. The van der Waals surface area contributed by atoms with E-state index in [0.717, 1.165) is 11.1 Å². The molecule has 0 saturated carbocycles. The number of carbonyl (C=O) groups excluding carboxylic acids is 2. The lowest BCUT2D eigenvalue weighted by molar-refractivity contribution is -0.140. The van der Waals surface area contributed by atoms with Crippen molar-refractivity contribution in [3.8, 4) is 11.5 Å². The Morgan fingerprint density at radius 2 is 1.53 bits per heavy atom. The van der Waals surface area contributed by atoms with Gasteiger partial charge in [0, 0.05) is 12.1 Å². The third kappa shape index (κ3) is 3.50. The molecule has 0 radical (unpaired) electrons. The molecule has 6 heteroatoms. The second-order valence-corrected chi connectivity index (χ2v) is 7.68. The van der Waals surface area contributed by atoms with Crippen LogP contribution < -0.4 is 9.47 Å². The molecular formula is C26H21NO5. The number of hydrogen-bond acceptors (Lipinski definition) is 5. The van der Waals surface area contributed by atoms with Crippen molar-refractivity contribution in [3.05, 3.63) is 101 Å². The predicted octanol–water partition coefficient (Wildman–Crippen LogP) is 4.08. The number of aliphatic hydroxyl groups excluding tert-OH is 1. The second-order valence-electron chi connectivity index (χ2n) is 7.68. The van der Waals surface area contributed by atoms with Crippen molar-refractivity contribution in [2.45, 2.75) is 12.6 Å². The average molecular weight is 427 g/mol. The second kappa shape index (κ2) is 8.23. The molecule has 0 spiro atoms. The van der Waals surface area contributed by atoms with E-state index < -0.39 is 17.7 Å². The molecule has 32 heavy (non-hydrogen) atoms. The van der Waals surface area contributed by atoms with Gasteiger partial charge < -0.3 is 19.5 Å². The number of fused-ring (bicyclic) bond motifs is 1. The first-order chi connectivity index (χ1) is 15.6. The highest BCUT2D eigenvalue weighted by Gasteiger charge is 2.46. The maximum atomic E-state index is 13.1. The van der Waals surface area contributed by atoms with Gasteiger partial charge in [0.1, 0.15) is 19.0 Å². The zero-order chi connectivity index (χ0) is 22.1. The van der Waals surface area contributed by atoms with Gasteiger partial charge in [-0.3, -0.25) is 9.59 Å². The van der Waals surface area contributed by atoms with Crippen molar-refractivity contribution >= 4 is 17.4 Å². The van der Waals surface area contributed by atoms with Crippen LogP contribution in [0.15, 0.2) is 84.4 Å². The molecule has 0 bridgehead atoms. The Morgan fingerprint density at radius 1 is 0.875 bits per heavy atom. The van der Waals surface area contributed by atoms with Gasteiger partial charge in [-0.25, -0.2) is 0 Å². The van der Waals surface area contributed by atoms with E-state index in [1.54, 1.807) is 18.2 Å². The summed E-state index contributed by atoms with van der Waals surface area (Å²) >= 11 is 0. The molecule has 0 aliphatic carbocycles. The van der Waals surface area contributed by atoms with Crippen molar-refractivity contribution < 1.29 is 24.2 Å². The van der Waals surface area contributed by atoms with E-state index in [1.165, 1.54) is 4.90 Å². The number of carbonyl (C=O) groups is 2. The van der Waals surface area contributed by atoms with Gasteiger partial charge in [-0.1, -0.05) is 60.7 Å². The number of rotatable bonds is 4. The third-order valence-corrected chi connectivity index (χ3v) is 5.67. The Bertz CT molecular complexity index is 1200. The normalized spacial score (nSPS) is 19.2. The third-order valence-electron chi connectivity index (χ3n) is 5.67. The summed E-state index contributed by atoms with van der Waals surface area (Å²) in [5.74, 6) is -0.499. The number of hydrogen-bond donors (Lipinski definition) is 1. The molecule has 0 aromatic heterocycles. The van der Waals surface area contributed by atoms with Crippen LogP contribution in [0.25, 0.3) is 5.76 Å². The number of Topliss-reactive ketones (excluding diaryl/α,β-unsaturated/α-hetero) is 1. The summed E-state index contributed by atoms with van der Waals surface area (Å²) in [5.41, 5.74) is 2.11. The van der Waals surface area contributed by atoms with Crippen LogP contribution >= 0.6 is 0 Å². The van der Waals surface area contributed by atoms with E-state index in [0.29, 0.717) is 30.3 Å². The van der Waals surface area contributed by atoms with Crippen LogP contribution in [0.2, 0.25) is 0 Å². The number of benzene rings is 3. The maximum Gasteiger partial charge on any atom is 0.295 e. The van der Waals surface area contributed by atoms with Crippen LogP contribution in [0.1, 0.15) is 22.7 Å². The fourth-order valence-corrected chi connectivity index (χ4v) is 4.15. The van der Waals surface area contributed by atoms with Crippen molar-refractivity contribution in [1.82, 2.24) is 4.90 Å². The van der Waals surface area contributed by atoms with E-state index in [1.807, 2.05) is 60.7 Å². The van der Waals surface area contributed by atoms with Crippen molar-refractivity contribution in [3.63, 3.8) is 0 Å². The lowest BCUT2D eigenvalue weighted by Crippen LogP contribution is -2.29. The van der Waals surface area contributed by atoms with Gasteiger partial charge in [0.2, 0.25) is 0 Å². The zero-order valence-corrected chi connectivity index (χ0v) is 17.2. The fraction of sp³-hybridized carbons (Fsp3) is 0.154. The van der Waals surface area contributed by atoms with Gasteiger partial charge in [-0.2, -0.15) is 0 Å². The largest absolute Gasteiger partial charge is 0.507 e. The highest BCUT2D eigenvalue weighted by molar-refractivity contribution is 6.46. The van der Waals surface area contributed by atoms with E-state index in [-0.39, 0.29) is 17.9 Å². The summed E-state index contributed by atoms with van der Waals surface area (Å²) in [6.07, 6.45) is 0. The lowest BCUT2D eigenvalue weighted by Gasteiger charge is -2.25. The molecule has 1 unspecified atom stereocenters. The molecule has 2 aliphatic heterocycles. The van der Waals surface area contributed by atoms with Crippen LogP contribution in [-0.4, -0.2) is 34.9 Å². The fourth-order valence-electron chi connectivity index (χ4n) is 4.15. The molecule has 3 aromatic rings. The van der Waals surface area contributed by atoms with Gasteiger partial charge in [0.05, 0.1) is 11.6 Å². The van der Waals surface area contributed by atoms with Crippen LogP contribution in [0.3, 0.4) is 0 Å². The number of ether oxygens (including phenoxy) is 2. The smallest absolute Gasteiger partial charge is 0.295 e. The van der Waals surface area contributed by atoms with E-state index in [2.05, 4.69) is 0 Å². The number of ketones is 1. The average Bonchev–Trinajstić information content (AvgIpc) is 3.09. The summed E-state index contributed by atoms with van der Waals surface area (Å²) < 4.78 is 11.2. The minimum Gasteiger partial charge on any atom is -0.507 e. The summed E-state index contributed by atoms with van der Waals surface area (Å²) in [6, 6.07) is 23.0. The minimum atomic E-state index is -0.706. The Kier molecular flexibility index (Phi) is 5.11. The molecule has 1 N–H and O–H groups in total. The Balaban J connectivity index is 1.62. The molecule has 5 rings (SSSR count). The zero-order valence-electron chi connectivity index (χ0n) is 17.2. The Labute approximate surface area is 185 Å². The highest BCUT2D eigenvalue weighted by Crippen LogP contribution is 2.41. The predicted molar refractivity (Wildman–Crippen MR) is 118 cm³/mol. The quantitative estimate of drug-likeness (QED) is 0.386. The van der Waals surface area contributed by atoms with E-state index >= 15 is 0 Å². The first-order valence-corrected chi connectivity index (χ1v) is 10.4. The van der Waals surface area contributed by atoms with Crippen LogP contribution in [0, 0.1) is 0 Å².